The van der Waals surface area contributed by atoms with Crippen molar-refractivity contribution in [2.75, 3.05) is 26.7 Å². The molecule has 8 nitrogen and oxygen atoms in total. The zero-order chi connectivity index (χ0) is 21.5. The number of aryl methyl sites for hydroxylation is 1. The fourth-order valence-electron chi connectivity index (χ4n) is 3.72. The maximum atomic E-state index is 12.7. The molecule has 1 aliphatic heterocycles. The summed E-state index contributed by atoms with van der Waals surface area (Å²) in [6.07, 6.45) is 6.26. The van der Waals surface area contributed by atoms with Gasteiger partial charge in [0.2, 0.25) is 5.91 Å². The van der Waals surface area contributed by atoms with Crippen molar-refractivity contribution in [1.29, 1.82) is 0 Å². The average molecular weight is 421 g/mol. The molecule has 2 aromatic heterocycles. The number of likely N-dealkylation sites (N-methyl/N-ethyl adjacent to an activating group) is 1. The number of fused-ring (bicyclic) bond motifs is 1. The summed E-state index contributed by atoms with van der Waals surface area (Å²) in [6, 6.07) is 12.3. The highest BCUT2D eigenvalue weighted by atomic mass is 16.5. The maximum absolute atomic E-state index is 12.7. The summed E-state index contributed by atoms with van der Waals surface area (Å²) in [4.78, 5) is 25.2. The summed E-state index contributed by atoms with van der Waals surface area (Å²) >= 11 is 0. The van der Waals surface area contributed by atoms with Crippen LogP contribution in [0.15, 0.2) is 55.2 Å². The Hall–Kier alpha value is -3.26. The monoisotopic (exact) mass is 420 g/mol. The Morgan fingerprint density at radius 3 is 3.00 bits per heavy atom. The van der Waals surface area contributed by atoms with Crippen molar-refractivity contribution in [1.82, 2.24) is 29.5 Å². The molecule has 1 aliphatic rings. The number of hydrogen-bond donors (Lipinski definition) is 0. The second-order valence-electron chi connectivity index (χ2n) is 7.82. The standard InChI is InChI=1S/C23H28N6O2/c1-27(10-7-21-4-2-3-9-25-21)15-19-5-6-22-20(14-19)16-28(12-13-31-22)23(30)8-11-29-18-24-17-26-29/h2-6,9,14,17-18H,7-8,10-13,15-16H2,1H3. The van der Waals surface area contributed by atoms with E-state index in [1.165, 1.54) is 11.9 Å². The molecule has 0 atom stereocenters. The van der Waals surface area contributed by atoms with Gasteiger partial charge >= 0.3 is 0 Å². The molecule has 0 saturated heterocycles. The minimum absolute atomic E-state index is 0.102. The molecule has 1 aromatic carbocycles. The van der Waals surface area contributed by atoms with Crippen LogP contribution in [0.4, 0.5) is 0 Å². The van der Waals surface area contributed by atoms with E-state index in [1.54, 1.807) is 11.0 Å². The van der Waals surface area contributed by atoms with Crippen LogP contribution < -0.4 is 4.74 Å². The van der Waals surface area contributed by atoms with Crippen LogP contribution in [0.1, 0.15) is 23.2 Å². The van der Waals surface area contributed by atoms with Crippen LogP contribution in [0.2, 0.25) is 0 Å². The van der Waals surface area contributed by atoms with E-state index in [1.807, 2.05) is 29.3 Å². The first-order valence-electron chi connectivity index (χ1n) is 10.6. The lowest BCUT2D eigenvalue weighted by atomic mass is 10.1. The number of carbonyl (C=O) groups is 1. The molecule has 0 bridgehead atoms. The fourth-order valence-corrected chi connectivity index (χ4v) is 3.72. The highest BCUT2D eigenvalue weighted by molar-refractivity contribution is 5.76. The Morgan fingerprint density at radius 2 is 2.19 bits per heavy atom. The predicted molar refractivity (Wildman–Crippen MR) is 116 cm³/mol. The minimum atomic E-state index is 0.102. The molecule has 31 heavy (non-hydrogen) atoms. The van der Waals surface area contributed by atoms with Crippen molar-refractivity contribution in [3.05, 3.63) is 72.1 Å². The van der Waals surface area contributed by atoms with E-state index in [2.05, 4.69) is 45.2 Å². The molecule has 8 heteroatoms. The lowest BCUT2D eigenvalue weighted by Gasteiger charge is -2.21. The number of ether oxygens (including phenoxy) is 1. The van der Waals surface area contributed by atoms with E-state index in [9.17, 15) is 4.79 Å². The van der Waals surface area contributed by atoms with Gasteiger partial charge in [-0.15, -0.1) is 0 Å². The number of pyridine rings is 1. The number of rotatable bonds is 8. The Bertz CT molecular complexity index is 977. The zero-order valence-electron chi connectivity index (χ0n) is 17.9. The number of amides is 1. The summed E-state index contributed by atoms with van der Waals surface area (Å²) in [5.41, 5.74) is 3.37. The first kappa shape index (κ1) is 21.0. The van der Waals surface area contributed by atoms with E-state index in [-0.39, 0.29) is 5.91 Å². The van der Waals surface area contributed by atoms with Gasteiger partial charge < -0.3 is 14.5 Å². The van der Waals surface area contributed by atoms with Gasteiger partial charge in [-0.2, -0.15) is 5.10 Å². The first-order valence-corrected chi connectivity index (χ1v) is 10.6. The number of carbonyl (C=O) groups excluding carboxylic acids is 1. The molecule has 0 unspecified atom stereocenters. The smallest absolute Gasteiger partial charge is 0.224 e. The van der Waals surface area contributed by atoms with E-state index < -0.39 is 0 Å². The molecule has 3 heterocycles. The lowest BCUT2D eigenvalue weighted by molar-refractivity contribution is -0.132. The van der Waals surface area contributed by atoms with Gasteiger partial charge in [0.05, 0.1) is 13.1 Å². The van der Waals surface area contributed by atoms with Crippen LogP contribution in [0.3, 0.4) is 0 Å². The van der Waals surface area contributed by atoms with Crippen LogP contribution in [0.5, 0.6) is 5.75 Å². The number of aromatic nitrogens is 4. The molecule has 0 radical (unpaired) electrons. The molecular weight excluding hydrogens is 392 g/mol. The molecule has 0 aliphatic carbocycles. The van der Waals surface area contributed by atoms with Crippen molar-refractivity contribution >= 4 is 5.91 Å². The minimum Gasteiger partial charge on any atom is -0.491 e. The van der Waals surface area contributed by atoms with Crippen molar-refractivity contribution in [3.8, 4) is 5.75 Å². The Morgan fingerprint density at radius 1 is 1.26 bits per heavy atom. The van der Waals surface area contributed by atoms with Gasteiger partial charge in [-0.05, 0) is 36.9 Å². The highest BCUT2D eigenvalue weighted by Crippen LogP contribution is 2.25. The molecule has 0 N–H and O–H groups in total. The van der Waals surface area contributed by atoms with Gasteiger partial charge in [0.1, 0.15) is 25.0 Å². The molecule has 3 aromatic rings. The number of nitrogens with zero attached hydrogens (tertiary/aromatic N) is 6. The van der Waals surface area contributed by atoms with Gasteiger partial charge in [-0.1, -0.05) is 12.1 Å². The van der Waals surface area contributed by atoms with Crippen molar-refractivity contribution in [3.63, 3.8) is 0 Å². The third-order valence-corrected chi connectivity index (χ3v) is 5.41. The van der Waals surface area contributed by atoms with Crippen LogP contribution in [0.25, 0.3) is 0 Å². The van der Waals surface area contributed by atoms with E-state index in [4.69, 9.17) is 4.74 Å². The predicted octanol–water partition coefficient (Wildman–Crippen LogP) is 2.16. The molecular formula is C23H28N6O2. The summed E-state index contributed by atoms with van der Waals surface area (Å²) in [6.45, 7) is 3.95. The summed E-state index contributed by atoms with van der Waals surface area (Å²) in [5, 5.41) is 4.06. The second kappa shape index (κ2) is 10.2. The SMILES string of the molecule is CN(CCc1ccccn1)Cc1ccc2c(c1)CN(C(=O)CCn1cncn1)CCO2. The lowest BCUT2D eigenvalue weighted by Crippen LogP contribution is -2.33. The third-order valence-electron chi connectivity index (χ3n) is 5.41. The van der Waals surface area contributed by atoms with Crippen LogP contribution >= 0.6 is 0 Å². The highest BCUT2D eigenvalue weighted by Gasteiger charge is 2.20. The summed E-state index contributed by atoms with van der Waals surface area (Å²) in [5.74, 6) is 0.969. The fraction of sp³-hybridized carbons (Fsp3) is 0.391. The number of benzene rings is 1. The molecule has 0 fully saturated rings. The van der Waals surface area contributed by atoms with Crippen molar-refractivity contribution < 1.29 is 9.53 Å². The van der Waals surface area contributed by atoms with E-state index >= 15 is 0 Å². The van der Waals surface area contributed by atoms with Crippen molar-refractivity contribution in [2.24, 2.45) is 0 Å². The molecule has 162 valence electrons. The second-order valence-corrected chi connectivity index (χ2v) is 7.82. The average Bonchev–Trinajstić information content (AvgIpc) is 3.22. The third kappa shape index (κ3) is 5.88. The van der Waals surface area contributed by atoms with Gasteiger partial charge in [-0.25, -0.2) is 4.98 Å². The Labute approximate surface area is 182 Å². The first-order chi connectivity index (χ1) is 15.2. The Kier molecular flexibility index (Phi) is 6.89. The normalized spacial score (nSPS) is 13.5. The number of hydrogen-bond acceptors (Lipinski definition) is 6. The molecule has 4 rings (SSSR count). The van der Waals surface area contributed by atoms with Gasteiger partial charge in [0.25, 0.3) is 0 Å². The molecule has 0 spiro atoms. The quantitative estimate of drug-likeness (QED) is 0.556. The van der Waals surface area contributed by atoms with E-state index in [0.717, 1.165) is 36.5 Å². The van der Waals surface area contributed by atoms with Gasteiger partial charge in [0, 0.05) is 49.9 Å². The van der Waals surface area contributed by atoms with Crippen LogP contribution in [-0.2, 0) is 30.8 Å². The van der Waals surface area contributed by atoms with Crippen molar-refractivity contribution in [2.45, 2.75) is 32.5 Å². The summed E-state index contributed by atoms with van der Waals surface area (Å²) in [7, 11) is 2.12. The van der Waals surface area contributed by atoms with E-state index in [0.29, 0.717) is 32.7 Å². The van der Waals surface area contributed by atoms with Gasteiger partial charge in [0.15, 0.2) is 0 Å². The zero-order valence-corrected chi connectivity index (χ0v) is 17.9. The maximum Gasteiger partial charge on any atom is 0.224 e. The largest absolute Gasteiger partial charge is 0.491 e. The molecule has 1 amide bonds. The van der Waals surface area contributed by atoms with Crippen LogP contribution in [-0.4, -0.2) is 62.2 Å². The summed E-state index contributed by atoms with van der Waals surface area (Å²) < 4.78 is 7.58. The topological polar surface area (TPSA) is 76.4 Å². The Balaban J connectivity index is 1.34. The van der Waals surface area contributed by atoms with Crippen LogP contribution in [0, 0.1) is 0 Å². The van der Waals surface area contributed by atoms with Gasteiger partial charge in [-0.3, -0.25) is 14.5 Å². The molecule has 0 saturated carbocycles.